The maximum absolute atomic E-state index is 13.3. The third kappa shape index (κ3) is 7.46. The molecule has 0 aliphatic rings. The Bertz CT molecular complexity index is 1310. The number of benzene rings is 2. The van der Waals surface area contributed by atoms with Crippen LogP contribution in [0.3, 0.4) is 0 Å². The first-order chi connectivity index (χ1) is 16.2. The Morgan fingerprint density at radius 1 is 0.971 bits per heavy atom. The minimum absolute atomic E-state index is 0. The number of hydrogen-bond acceptors (Lipinski definition) is 4. The van der Waals surface area contributed by atoms with Crippen molar-refractivity contribution in [3.63, 3.8) is 0 Å². The number of halogens is 5. The lowest BCUT2D eigenvalue weighted by Gasteiger charge is -2.10. The average molecular weight is 523 g/mol. The summed E-state index contributed by atoms with van der Waals surface area (Å²) in [6, 6.07) is 11.8. The van der Waals surface area contributed by atoms with E-state index < -0.39 is 23.6 Å². The summed E-state index contributed by atoms with van der Waals surface area (Å²) in [5.74, 6) is 4.01. The summed E-state index contributed by atoms with van der Waals surface area (Å²) < 4.78 is 39.8. The van der Waals surface area contributed by atoms with E-state index in [1.807, 2.05) is 10.9 Å². The summed E-state index contributed by atoms with van der Waals surface area (Å²) in [4.78, 5) is 38.9. The van der Waals surface area contributed by atoms with Crippen molar-refractivity contribution in [3.05, 3.63) is 93.6 Å². The molecular weight excluding hydrogens is 508 g/mol. The van der Waals surface area contributed by atoms with Gasteiger partial charge in [-0.25, -0.2) is 4.98 Å². The molecule has 0 spiro atoms. The minimum atomic E-state index is -4.73. The van der Waals surface area contributed by atoms with Crippen LogP contribution in [-0.4, -0.2) is 23.2 Å². The van der Waals surface area contributed by atoms with Gasteiger partial charge < -0.3 is 5.32 Å². The lowest BCUT2D eigenvalue weighted by atomic mass is 10.0. The van der Waals surface area contributed by atoms with E-state index in [-0.39, 0.29) is 40.5 Å². The van der Waals surface area contributed by atoms with Gasteiger partial charge in [0.15, 0.2) is 0 Å². The second-order valence-corrected chi connectivity index (χ2v) is 7.03. The normalized spacial score (nSPS) is 10.2. The molecule has 7 nitrogen and oxygen atoms in total. The molecular formula is C23H15Cl2F3N4O3. The van der Waals surface area contributed by atoms with Crippen molar-refractivity contribution in [2.75, 3.05) is 5.32 Å². The molecule has 3 aromatic rings. The van der Waals surface area contributed by atoms with Gasteiger partial charge in [-0.15, -0.1) is 12.4 Å². The zero-order valence-electron chi connectivity index (χ0n) is 17.4. The molecule has 0 atom stereocenters. The van der Waals surface area contributed by atoms with Gasteiger partial charge in [0.1, 0.15) is 5.82 Å². The Morgan fingerprint density at radius 3 is 2.37 bits per heavy atom. The average Bonchev–Trinajstić information content (AvgIpc) is 2.81. The monoisotopic (exact) mass is 522 g/mol. The zero-order valence-corrected chi connectivity index (χ0v) is 19.0. The first kappa shape index (κ1) is 27.2. The molecule has 12 heteroatoms. The second kappa shape index (κ2) is 11.9. The van der Waals surface area contributed by atoms with E-state index in [1.54, 1.807) is 18.2 Å². The number of nitrogens with zero attached hydrogens (tertiary/aromatic N) is 1. The fourth-order valence-electron chi connectivity index (χ4n) is 2.70. The van der Waals surface area contributed by atoms with Crippen LogP contribution in [0.5, 0.6) is 0 Å². The van der Waals surface area contributed by atoms with E-state index in [4.69, 9.17) is 11.6 Å². The SMILES string of the molecule is Cl.O=CNNC(=O)c1cc(C#Cc2ccc(Cl)c(C(=O)Nc3ccccn3)c2)cc(C(F)(F)F)c1. The lowest BCUT2D eigenvalue weighted by molar-refractivity contribution is -0.137. The van der Waals surface area contributed by atoms with Gasteiger partial charge in [-0.05, 0) is 48.5 Å². The van der Waals surface area contributed by atoms with E-state index in [9.17, 15) is 27.6 Å². The zero-order chi connectivity index (χ0) is 24.7. The van der Waals surface area contributed by atoms with Crippen LogP contribution < -0.4 is 16.2 Å². The van der Waals surface area contributed by atoms with Crippen molar-refractivity contribution < 1.29 is 27.6 Å². The standard InChI is InChI=1S/C23H14ClF3N4O3.ClH/c24-19-7-6-14(11-18(19)22(34)30-20-3-1-2-8-28-20)4-5-15-9-16(21(33)31-29-13-32)12-17(10-15)23(25,26)27;/h1-3,6-13H,(H,29,32)(H,31,33)(H,28,30,34);1H. The van der Waals surface area contributed by atoms with Crippen molar-refractivity contribution in [1.29, 1.82) is 0 Å². The highest BCUT2D eigenvalue weighted by molar-refractivity contribution is 6.34. The third-order valence-electron chi connectivity index (χ3n) is 4.24. The fraction of sp³-hybridized carbons (Fsp3) is 0.0435. The number of pyridine rings is 1. The molecule has 3 amide bonds. The molecule has 0 bridgehead atoms. The van der Waals surface area contributed by atoms with Crippen LogP contribution in [0.15, 0.2) is 60.8 Å². The highest BCUT2D eigenvalue weighted by Crippen LogP contribution is 2.30. The van der Waals surface area contributed by atoms with Crippen LogP contribution in [0.1, 0.15) is 37.4 Å². The summed E-state index contributed by atoms with van der Waals surface area (Å²) in [7, 11) is 0. The van der Waals surface area contributed by atoms with E-state index in [0.717, 1.165) is 12.1 Å². The first-order valence-electron chi connectivity index (χ1n) is 9.43. The molecule has 1 aromatic heterocycles. The summed E-state index contributed by atoms with van der Waals surface area (Å²) >= 11 is 6.11. The Kier molecular flexibility index (Phi) is 9.22. The predicted octanol–water partition coefficient (Wildman–Crippen LogP) is 4.22. The molecule has 0 saturated carbocycles. The van der Waals surface area contributed by atoms with Gasteiger partial charge in [-0.3, -0.25) is 25.2 Å². The van der Waals surface area contributed by atoms with Gasteiger partial charge in [0.05, 0.1) is 16.1 Å². The number of nitrogens with one attached hydrogen (secondary N) is 3. The number of alkyl halides is 3. The molecule has 180 valence electrons. The van der Waals surface area contributed by atoms with Crippen molar-refractivity contribution in [3.8, 4) is 11.8 Å². The number of carbonyl (C=O) groups is 3. The Labute approximate surface area is 208 Å². The summed E-state index contributed by atoms with van der Waals surface area (Å²) in [5.41, 5.74) is 2.62. The largest absolute Gasteiger partial charge is 0.416 e. The smallest absolute Gasteiger partial charge is 0.307 e. The van der Waals surface area contributed by atoms with Gasteiger partial charge in [-0.2, -0.15) is 13.2 Å². The number of hydrazine groups is 1. The number of carbonyl (C=O) groups excluding carboxylic acids is 3. The van der Waals surface area contributed by atoms with Gasteiger partial charge >= 0.3 is 6.18 Å². The molecule has 0 fully saturated rings. The van der Waals surface area contributed by atoms with E-state index in [2.05, 4.69) is 22.1 Å². The van der Waals surface area contributed by atoms with Crippen molar-refractivity contribution in [1.82, 2.24) is 15.8 Å². The molecule has 0 aliphatic carbocycles. The van der Waals surface area contributed by atoms with E-state index >= 15 is 0 Å². The Balaban J connectivity index is 0.00000432. The lowest BCUT2D eigenvalue weighted by Crippen LogP contribution is -2.36. The maximum Gasteiger partial charge on any atom is 0.416 e. The van der Waals surface area contributed by atoms with Crippen molar-refractivity contribution in [2.45, 2.75) is 6.18 Å². The van der Waals surface area contributed by atoms with Gasteiger partial charge in [0, 0.05) is 22.9 Å². The third-order valence-corrected chi connectivity index (χ3v) is 4.57. The van der Waals surface area contributed by atoms with Crippen LogP contribution in [0.25, 0.3) is 0 Å². The van der Waals surface area contributed by atoms with Gasteiger partial charge in [0.25, 0.3) is 11.8 Å². The van der Waals surface area contributed by atoms with E-state index in [1.165, 1.54) is 24.4 Å². The molecule has 3 N–H and O–H groups in total. The quantitative estimate of drug-likeness (QED) is 0.265. The molecule has 1 heterocycles. The maximum atomic E-state index is 13.3. The van der Waals surface area contributed by atoms with Crippen molar-refractivity contribution >= 4 is 48.1 Å². The number of hydrogen-bond donors (Lipinski definition) is 3. The number of anilines is 1. The highest BCUT2D eigenvalue weighted by atomic mass is 35.5. The molecule has 0 unspecified atom stereocenters. The fourth-order valence-corrected chi connectivity index (χ4v) is 2.91. The second-order valence-electron chi connectivity index (χ2n) is 6.63. The van der Waals surface area contributed by atoms with Crippen LogP contribution in [0, 0.1) is 11.8 Å². The minimum Gasteiger partial charge on any atom is -0.307 e. The number of aromatic nitrogens is 1. The van der Waals surface area contributed by atoms with Crippen LogP contribution in [0.2, 0.25) is 5.02 Å². The number of rotatable bonds is 5. The summed E-state index contributed by atoms with van der Waals surface area (Å²) in [5, 5.41) is 2.72. The topological polar surface area (TPSA) is 100 Å². The highest BCUT2D eigenvalue weighted by Gasteiger charge is 2.31. The van der Waals surface area contributed by atoms with Crippen LogP contribution >= 0.6 is 24.0 Å². The molecule has 2 aromatic carbocycles. The Hall–Kier alpha value is -4.07. The predicted molar refractivity (Wildman–Crippen MR) is 125 cm³/mol. The Morgan fingerprint density at radius 2 is 1.71 bits per heavy atom. The van der Waals surface area contributed by atoms with Crippen LogP contribution in [0.4, 0.5) is 19.0 Å². The molecule has 0 radical (unpaired) electrons. The van der Waals surface area contributed by atoms with Crippen LogP contribution in [-0.2, 0) is 11.0 Å². The van der Waals surface area contributed by atoms with Gasteiger partial charge in [-0.1, -0.05) is 29.5 Å². The molecule has 3 rings (SSSR count). The summed E-state index contributed by atoms with van der Waals surface area (Å²) in [6.07, 6.45) is -3.08. The van der Waals surface area contributed by atoms with Gasteiger partial charge in [0.2, 0.25) is 6.41 Å². The molecule has 0 saturated heterocycles. The first-order valence-corrected chi connectivity index (χ1v) is 9.81. The molecule has 35 heavy (non-hydrogen) atoms. The molecule has 0 aliphatic heterocycles. The van der Waals surface area contributed by atoms with Crippen molar-refractivity contribution in [2.24, 2.45) is 0 Å². The number of amides is 3. The van der Waals surface area contributed by atoms with E-state index in [0.29, 0.717) is 17.4 Å². The summed E-state index contributed by atoms with van der Waals surface area (Å²) in [6.45, 7) is 0.